The van der Waals surface area contributed by atoms with Crippen molar-refractivity contribution in [3.05, 3.63) is 40.7 Å². The van der Waals surface area contributed by atoms with Crippen molar-refractivity contribution in [1.82, 2.24) is 0 Å². The minimum absolute atomic E-state index is 0.183. The van der Waals surface area contributed by atoms with E-state index in [1.165, 1.54) is 6.07 Å². The lowest BCUT2D eigenvalue weighted by Gasteiger charge is -2.06. The van der Waals surface area contributed by atoms with Crippen molar-refractivity contribution in [1.29, 1.82) is 0 Å². The lowest BCUT2D eigenvalue weighted by molar-refractivity contribution is 0.0697. The molecule has 0 radical (unpaired) electrons. The van der Waals surface area contributed by atoms with Gasteiger partial charge < -0.3 is 5.11 Å². The van der Waals surface area contributed by atoms with Crippen LogP contribution < -0.4 is 0 Å². The highest BCUT2D eigenvalue weighted by atomic mass is 16.4. The average Bonchev–Trinajstić information content (AvgIpc) is 2.16. The number of hydrogen-bond donors (Lipinski definition) is 1. The molecule has 0 aliphatic carbocycles. The van der Waals surface area contributed by atoms with Gasteiger partial charge in [-0.1, -0.05) is 25.5 Å². The number of carbonyl (C=O) groups is 1. The van der Waals surface area contributed by atoms with Gasteiger partial charge in [0.2, 0.25) is 0 Å². The second-order valence-electron chi connectivity index (χ2n) is 3.38. The Morgan fingerprint density at radius 1 is 1.43 bits per heavy atom. The number of carboxylic acids is 1. The molecule has 0 saturated heterocycles. The minimum Gasteiger partial charge on any atom is -0.478 e. The first-order valence-corrected chi connectivity index (χ1v) is 4.30. The van der Waals surface area contributed by atoms with Crippen LogP contribution in [0.3, 0.4) is 0 Å². The van der Waals surface area contributed by atoms with E-state index in [4.69, 9.17) is 11.7 Å². The van der Waals surface area contributed by atoms with E-state index in [9.17, 15) is 4.79 Å². The van der Waals surface area contributed by atoms with Crippen LogP contribution in [0, 0.1) is 6.57 Å². The smallest absolute Gasteiger partial charge is 0.334 e. The van der Waals surface area contributed by atoms with Crippen LogP contribution in [0.1, 0.15) is 35.7 Å². The third-order valence-corrected chi connectivity index (χ3v) is 1.98. The van der Waals surface area contributed by atoms with E-state index in [0.717, 1.165) is 5.56 Å². The molecular weight excluding hydrogens is 178 g/mol. The van der Waals surface area contributed by atoms with Crippen LogP contribution in [0.15, 0.2) is 18.2 Å². The molecule has 14 heavy (non-hydrogen) atoms. The van der Waals surface area contributed by atoms with Gasteiger partial charge in [0.25, 0.3) is 0 Å². The summed E-state index contributed by atoms with van der Waals surface area (Å²) in [5.41, 5.74) is 1.45. The van der Waals surface area contributed by atoms with Gasteiger partial charge in [0.1, 0.15) is 0 Å². The zero-order valence-corrected chi connectivity index (χ0v) is 8.11. The second-order valence-corrected chi connectivity index (χ2v) is 3.38. The Kier molecular flexibility index (Phi) is 2.88. The van der Waals surface area contributed by atoms with Crippen molar-refractivity contribution in [3.8, 4) is 0 Å². The summed E-state index contributed by atoms with van der Waals surface area (Å²) in [6, 6.07) is 4.73. The molecular formula is C11H11NO2. The number of aromatic carboxylic acids is 1. The van der Waals surface area contributed by atoms with Crippen LogP contribution in [0.25, 0.3) is 4.85 Å². The topological polar surface area (TPSA) is 41.7 Å². The number of rotatable bonds is 2. The SMILES string of the molecule is [C-]#[N+]c1cc(C(=O)O)cc(C(C)C)c1. The number of hydrogen-bond acceptors (Lipinski definition) is 1. The van der Waals surface area contributed by atoms with Crippen molar-refractivity contribution in [2.45, 2.75) is 19.8 Å². The first-order chi connectivity index (χ1) is 6.54. The molecule has 0 aliphatic rings. The number of carboxylic acid groups (broad SMARTS) is 1. The van der Waals surface area contributed by atoms with Crippen molar-refractivity contribution < 1.29 is 9.90 Å². The zero-order valence-electron chi connectivity index (χ0n) is 8.11. The highest BCUT2D eigenvalue weighted by Gasteiger charge is 2.08. The maximum atomic E-state index is 10.7. The summed E-state index contributed by atoms with van der Waals surface area (Å²) in [5, 5.41) is 8.81. The summed E-state index contributed by atoms with van der Waals surface area (Å²) in [6.45, 7) is 10.8. The normalized spacial score (nSPS) is 9.86. The summed E-state index contributed by atoms with van der Waals surface area (Å²) in [4.78, 5) is 14.0. The Balaban J connectivity index is 3.29. The van der Waals surface area contributed by atoms with Crippen LogP contribution in [0.2, 0.25) is 0 Å². The summed E-state index contributed by atoms with van der Waals surface area (Å²) in [5.74, 6) is -0.757. The average molecular weight is 189 g/mol. The van der Waals surface area contributed by atoms with Gasteiger partial charge in [0, 0.05) is 5.56 Å². The van der Waals surface area contributed by atoms with Crippen LogP contribution in [0.5, 0.6) is 0 Å². The quantitative estimate of drug-likeness (QED) is 0.726. The lowest BCUT2D eigenvalue weighted by atomic mass is 10.00. The molecule has 0 aliphatic heterocycles. The fraction of sp³-hybridized carbons (Fsp3) is 0.273. The Morgan fingerprint density at radius 3 is 2.50 bits per heavy atom. The molecule has 0 unspecified atom stereocenters. The molecule has 0 heterocycles. The fourth-order valence-electron chi connectivity index (χ4n) is 1.16. The van der Waals surface area contributed by atoms with Gasteiger partial charge in [-0.05, 0) is 18.1 Å². The fourth-order valence-corrected chi connectivity index (χ4v) is 1.16. The molecule has 0 fully saturated rings. The van der Waals surface area contributed by atoms with Gasteiger partial charge in [0.05, 0.1) is 6.57 Å². The molecule has 1 N–H and O–H groups in total. The molecule has 1 aromatic carbocycles. The minimum atomic E-state index is -0.989. The summed E-state index contributed by atoms with van der Waals surface area (Å²) >= 11 is 0. The molecule has 1 aromatic rings. The number of nitrogens with zero attached hydrogens (tertiary/aromatic N) is 1. The molecule has 0 spiro atoms. The third kappa shape index (κ3) is 2.11. The molecule has 0 amide bonds. The van der Waals surface area contributed by atoms with Crippen LogP contribution >= 0.6 is 0 Å². The molecule has 3 nitrogen and oxygen atoms in total. The molecule has 0 bridgehead atoms. The molecule has 0 saturated carbocycles. The summed E-state index contributed by atoms with van der Waals surface area (Å²) in [6.07, 6.45) is 0. The van der Waals surface area contributed by atoms with E-state index in [2.05, 4.69) is 4.85 Å². The van der Waals surface area contributed by atoms with Crippen LogP contribution in [-0.2, 0) is 0 Å². The maximum Gasteiger partial charge on any atom is 0.334 e. The molecule has 1 rings (SSSR count). The Bertz CT molecular complexity index is 402. The maximum absolute atomic E-state index is 10.7. The Morgan fingerprint density at radius 2 is 2.07 bits per heavy atom. The highest BCUT2D eigenvalue weighted by Crippen LogP contribution is 2.23. The molecule has 0 aromatic heterocycles. The second kappa shape index (κ2) is 3.93. The van der Waals surface area contributed by atoms with Gasteiger partial charge in [-0.15, -0.1) is 0 Å². The van der Waals surface area contributed by atoms with Crippen molar-refractivity contribution in [2.75, 3.05) is 0 Å². The van der Waals surface area contributed by atoms with Gasteiger partial charge >= 0.3 is 5.97 Å². The predicted octanol–water partition coefficient (Wildman–Crippen LogP) is 3.06. The highest BCUT2D eigenvalue weighted by molar-refractivity contribution is 5.89. The first-order valence-electron chi connectivity index (χ1n) is 4.30. The van der Waals surface area contributed by atoms with Gasteiger partial charge in [-0.3, -0.25) is 0 Å². The Hall–Kier alpha value is -1.82. The van der Waals surface area contributed by atoms with E-state index >= 15 is 0 Å². The van der Waals surface area contributed by atoms with Gasteiger partial charge in [-0.2, -0.15) is 0 Å². The van der Waals surface area contributed by atoms with Crippen molar-refractivity contribution in [3.63, 3.8) is 0 Å². The van der Waals surface area contributed by atoms with E-state index in [1.54, 1.807) is 12.1 Å². The van der Waals surface area contributed by atoms with E-state index < -0.39 is 5.97 Å². The van der Waals surface area contributed by atoms with Crippen molar-refractivity contribution >= 4 is 11.7 Å². The summed E-state index contributed by atoms with van der Waals surface area (Å²) in [7, 11) is 0. The van der Waals surface area contributed by atoms with E-state index in [-0.39, 0.29) is 11.5 Å². The molecule has 0 atom stereocenters. The predicted molar refractivity (Wildman–Crippen MR) is 53.8 cm³/mol. The first kappa shape index (κ1) is 10.3. The van der Waals surface area contributed by atoms with Gasteiger partial charge in [-0.25, -0.2) is 9.64 Å². The molecule has 3 heteroatoms. The van der Waals surface area contributed by atoms with Crippen molar-refractivity contribution in [2.24, 2.45) is 0 Å². The summed E-state index contributed by atoms with van der Waals surface area (Å²) < 4.78 is 0. The number of benzene rings is 1. The van der Waals surface area contributed by atoms with Crippen LogP contribution in [-0.4, -0.2) is 11.1 Å². The standard InChI is InChI=1S/C11H11NO2/c1-7(2)8-4-9(11(13)14)6-10(5-8)12-3/h4-7H,1-2H3,(H,13,14). The van der Waals surface area contributed by atoms with E-state index in [1.807, 2.05) is 13.8 Å². The monoisotopic (exact) mass is 189 g/mol. The largest absolute Gasteiger partial charge is 0.478 e. The Labute approximate surface area is 82.8 Å². The van der Waals surface area contributed by atoms with E-state index in [0.29, 0.717) is 5.69 Å². The zero-order chi connectivity index (χ0) is 10.7. The third-order valence-electron chi connectivity index (χ3n) is 1.98. The lowest BCUT2D eigenvalue weighted by Crippen LogP contribution is -1.98. The molecule has 72 valence electrons. The van der Waals surface area contributed by atoms with Crippen LogP contribution in [0.4, 0.5) is 5.69 Å². The van der Waals surface area contributed by atoms with Gasteiger partial charge in [0.15, 0.2) is 5.69 Å².